The highest BCUT2D eigenvalue weighted by Gasteiger charge is 2.18. The van der Waals surface area contributed by atoms with Gasteiger partial charge in [-0.25, -0.2) is 0 Å². The van der Waals surface area contributed by atoms with Gasteiger partial charge < -0.3 is 9.84 Å². The maximum atomic E-state index is 10.5. The highest BCUT2D eigenvalue weighted by atomic mass is 127. The number of aliphatic hydroxyl groups is 1. The van der Waals surface area contributed by atoms with Gasteiger partial charge in [-0.3, -0.25) is 0 Å². The number of hydrogen-bond donors (Lipinski definition) is 1. The maximum Gasteiger partial charge on any atom is 0.125 e. The van der Waals surface area contributed by atoms with Crippen LogP contribution >= 0.6 is 45.8 Å². The molecule has 0 aliphatic heterocycles. The van der Waals surface area contributed by atoms with Crippen LogP contribution in [-0.2, 0) is 0 Å². The van der Waals surface area contributed by atoms with Gasteiger partial charge in [-0.2, -0.15) is 0 Å². The highest BCUT2D eigenvalue weighted by Crippen LogP contribution is 2.35. The molecule has 1 unspecified atom stereocenters. The molecule has 5 heteroatoms. The third-order valence-electron chi connectivity index (χ3n) is 2.74. The van der Waals surface area contributed by atoms with Crippen molar-refractivity contribution in [2.45, 2.75) is 6.10 Å². The molecule has 0 spiro atoms. The normalized spacial score (nSPS) is 12.3. The molecule has 0 heterocycles. The molecule has 100 valence electrons. The van der Waals surface area contributed by atoms with Crippen LogP contribution in [0, 0.1) is 3.57 Å². The van der Waals surface area contributed by atoms with Crippen LogP contribution < -0.4 is 4.74 Å². The summed E-state index contributed by atoms with van der Waals surface area (Å²) < 4.78 is 6.19. The van der Waals surface area contributed by atoms with Crippen LogP contribution in [0.2, 0.25) is 10.0 Å². The second-order valence-corrected chi connectivity index (χ2v) is 5.99. The summed E-state index contributed by atoms with van der Waals surface area (Å²) in [5.74, 6) is 0.590. The van der Waals surface area contributed by atoms with Gasteiger partial charge in [0.1, 0.15) is 11.9 Å². The fourth-order valence-electron chi connectivity index (χ4n) is 1.81. The summed E-state index contributed by atoms with van der Waals surface area (Å²) in [6.45, 7) is 0. The van der Waals surface area contributed by atoms with E-state index >= 15 is 0 Å². The van der Waals surface area contributed by atoms with Crippen molar-refractivity contribution in [1.29, 1.82) is 0 Å². The first-order chi connectivity index (χ1) is 9.02. The molecule has 1 N–H and O–H groups in total. The molecule has 19 heavy (non-hydrogen) atoms. The van der Waals surface area contributed by atoms with Crippen molar-refractivity contribution in [3.63, 3.8) is 0 Å². The van der Waals surface area contributed by atoms with E-state index in [4.69, 9.17) is 27.9 Å². The number of ether oxygens (including phenoxy) is 1. The fourth-order valence-corrected chi connectivity index (χ4v) is 2.80. The zero-order chi connectivity index (χ0) is 14.0. The SMILES string of the molecule is COc1ccc(Cl)cc1C(O)c1cc(Cl)ccc1I. The summed E-state index contributed by atoms with van der Waals surface area (Å²) >= 11 is 14.1. The second kappa shape index (κ2) is 6.31. The van der Waals surface area contributed by atoms with E-state index in [-0.39, 0.29) is 0 Å². The minimum absolute atomic E-state index is 0.548. The van der Waals surface area contributed by atoms with E-state index in [1.807, 2.05) is 6.07 Å². The maximum absolute atomic E-state index is 10.5. The molecule has 2 aromatic carbocycles. The Bertz CT molecular complexity index is 602. The molecule has 0 saturated carbocycles. The van der Waals surface area contributed by atoms with Crippen molar-refractivity contribution in [2.24, 2.45) is 0 Å². The lowest BCUT2D eigenvalue weighted by atomic mass is 10.0. The van der Waals surface area contributed by atoms with Crippen LogP contribution in [0.4, 0.5) is 0 Å². The monoisotopic (exact) mass is 408 g/mol. The Morgan fingerprint density at radius 3 is 2.26 bits per heavy atom. The molecular formula is C14H11Cl2IO2. The summed E-state index contributed by atoms with van der Waals surface area (Å²) in [4.78, 5) is 0. The lowest BCUT2D eigenvalue weighted by Gasteiger charge is -2.17. The van der Waals surface area contributed by atoms with E-state index in [2.05, 4.69) is 22.6 Å². The Labute approximate surface area is 135 Å². The predicted octanol–water partition coefficient (Wildman–Crippen LogP) is 4.69. The van der Waals surface area contributed by atoms with Crippen LogP contribution in [-0.4, -0.2) is 12.2 Å². The van der Waals surface area contributed by atoms with Gasteiger partial charge in [0, 0.05) is 19.2 Å². The van der Waals surface area contributed by atoms with Crippen LogP contribution in [0.1, 0.15) is 17.2 Å². The van der Waals surface area contributed by atoms with Crippen LogP contribution in [0.3, 0.4) is 0 Å². The van der Waals surface area contributed by atoms with Gasteiger partial charge >= 0.3 is 0 Å². The molecule has 0 bridgehead atoms. The van der Waals surface area contributed by atoms with E-state index in [0.29, 0.717) is 21.4 Å². The van der Waals surface area contributed by atoms with Crippen molar-refractivity contribution in [3.05, 3.63) is 61.1 Å². The van der Waals surface area contributed by atoms with Gasteiger partial charge in [-0.15, -0.1) is 0 Å². The van der Waals surface area contributed by atoms with E-state index < -0.39 is 6.10 Å². The Hall–Kier alpha value is -0.490. The van der Waals surface area contributed by atoms with E-state index in [9.17, 15) is 5.11 Å². The van der Waals surface area contributed by atoms with Crippen LogP contribution in [0.15, 0.2) is 36.4 Å². The fraction of sp³-hybridized carbons (Fsp3) is 0.143. The molecule has 2 nitrogen and oxygen atoms in total. The Morgan fingerprint density at radius 1 is 1.05 bits per heavy atom. The molecule has 0 saturated heterocycles. The quantitative estimate of drug-likeness (QED) is 0.746. The largest absolute Gasteiger partial charge is 0.496 e. The molecule has 0 aliphatic carbocycles. The molecular weight excluding hydrogens is 398 g/mol. The zero-order valence-corrected chi connectivity index (χ0v) is 13.7. The standard InChI is InChI=1S/C14H11Cl2IO2/c1-19-13-5-3-9(16)7-11(13)14(18)10-6-8(15)2-4-12(10)17/h2-7,14,18H,1H3. The first kappa shape index (κ1) is 14.9. The molecule has 2 rings (SSSR count). The number of methoxy groups -OCH3 is 1. The van der Waals surface area contributed by atoms with Gasteiger partial charge in [0.2, 0.25) is 0 Å². The van der Waals surface area contributed by atoms with Crippen molar-refractivity contribution in [1.82, 2.24) is 0 Å². The van der Waals surface area contributed by atoms with Gasteiger partial charge in [0.25, 0.3) is 0 Å². The summed E-state index contributed by atoms with van der Waals surface area (Å²) in [6.07, 6.45) is -0.834. The predicted molar refractivity (Wildman–Crippen MR) is 86.2 cm³/mol. The van der Waals surface area contributed by atoms with Crippen molar-refractivity contribution < 1.29 is 9.84 Å². The van der Waals surface area contributed by atoms with Gasteiger partial charge in [0.05, 0.1) is 7.11 Å². The minimum Gasteiger partial charge on any atom is -0.496 e. The van der Waals surface area contributed by atoms with Gasteiger partial charge in [0.15, 0.2) is 0 Å². The molecule has 0 amide bonds. The zero-order valence-electron chi connectivity index (χ0n) is 10.0. The molecule has 0 aliphatic rings. The number of hydrogen-bond acceptors (Lipinski definition) is 2. The summed E-state index contributed by atoms with van der Waals surface area (Å²) in [7, 11) is 1.56. The average molecular weight is 409 g/mol. The smallest absolute Gasteiger partial charge is 0.125 e. The molecule has 0 radical (unpaired) electrons. The van der Waals surface area contributed by atoms with Crippen molar-refractivity contribution in [3.8, 4) is 5.75 Å². The number of benzene rings is 2. The highest BCUT2D eigenvalue weighted by molar-refractivity contribution is 14.1. The van der Waals surface area contributed by atoms with Crippen molar-refractivity contribution in [2.75, 3.05) is 7.11 Å². The Kier molecular flexibility index (Phi) is 4.95. The third kappa shape index (κ3) is 3.34. The van der Waals surface area contributed by atoms with Crippen molar-refractivity contribution >= 4 is 45.8 Å². The van der Waals surface area contributed by atoms with E-state index in [0.717, 1.165) is 9.13 Å². The minimum atomic E-state index is -0.834. The lowest BCUT2D eigenvalue weighted by Crippen LogP contribution is -2.04. The third-order valence-corrected chi connectivity index (χ3v) is 4.19. The summed E-state index contributed by atoms with van der Waals surface area (Å²) in [5, 5.41) is 11.7. The second-order valence-electron chi connectivity index (χ2n) is 3.95. The Morgan fingerprint density at radius 2 is 1.63 bits per heavy atom. The molecule has 0 aromatic heterocycles. The van der Waals surface area contributed by atoms with Crippen LogP contribution in [0.5, 0.6) is 5.75 Å². The average Bonchev–Trinajstić information content (AvgIpc) is 2.40. The molecule has 1 atom stereocenters. The lowest BCUT2D eigenvalue weighted by molar-refractivity contribution is 0.214. The van der Waals surface area contributed by atoms with E-state index in [1.165, 1.54) is 0 Å². The summed E-state index contributed by atoms with van der Waals surface area (Å²) in [6, 6.07) is 10.5. The first-order valence-corrected chi connectivity index (χ1v) is 7.33. The molecule has 0 fully saturated rings. The van der Waals surface area contributed by atoms with Gasteiger partial charge in [-0.1, -0.05) is 23.2 Å². The molecule has 2 aromatic rings. The topological polar surface area (TPSA) is 29.5 Å². The number of halogens is 3. The first-order valence-electron chi connectivity index (χ1n) is 5.49. The Balaban J connectivity index is 2.51. The van der Waals surface area contributed by atoms with E-state index in [1.54, 1.807) is 37.4 Å². The number of rotatable bonds is 3. The number of aliphatic hydroxyl groups excluding tert-OH is 1. The summed E-state index contributed by atoms with van der Waals surface area (Å²) in [5.41, 5.74) is 1.35. The van der Waals surface area contributed by atoms with Gasteiger partial charge in [-0.05, 0) is 64.6 Å². The van der Waals surface area contributed by atoms with Crippen LogP contribution in [0.25, 0.3) is 0 Å².